The zero-order valence-electron chi connectivity index (χ0n) is 25.8. The molecule has 0 radical (unpaired) electrons. The SMILES string of the molecule is CC(C)(C)c1ccc2c(c1)Cc1c-2ccc(C(C)(C)C)[c]1[Zr+2]([C]1=CC=CC1)=[Si](C(C)(C)C)C(C)(C)C.[Cl-].[Cl-]. The molecule has 0 N–H and O–H groups in total. The van der Waals surface area contributed by atoms with Gasteiger partial charge in [-0.05, 0) is 0 Å². The van der Waals surface area contributed by atoms with Crippen molar-refractivity contribution in [2.24, 2.45) is 0 Å². The van der Waals surface area contributed by atoms with Crippen molar-refractivity contribution >= 4 is 8.70 Å². The topological polar surface area (TPSA) is 0 Å². The van der Waals surface area contributed by atoms with E-state index in [-0.39, 0.29) is 35.6 Å². The fourth-order valence-electron chi connectivity index (χ4n) is 6.61. The first-order valence-electron chi connectivity index (χ1n) is 13.8. The minimum atomic E-state index is -2.29. The minimum Gasteiger partial charge on any atom is -1.00 e. The van der Waals surface area contributed by atoms with Crippen LogP contribution in [0.1, 0.15) is 112 Å². The average molecular weight is 647 g/mol. The zero-order chi connectivity index (χ0) is 26.8. The van der Waals surface area contributed by atoms with Crippen molar-refractivity contribution in [3.63, 3.8) is 0 Å². The number of fused-ring (bicyclic) bond motifs is 3. The molecule has 2 aliphatic rings. The van der Waals surface area contributed by atoms with Gasteiger partial charge in [0, 0.05) is 0 Å². The predicted molar refractivity (Wildman–Crippen MR) is 159 cm³/mol. The second kappa shape index (κ2) is 11.5. The Hall–Kier alpha value is -0.400. The number of benzene rings is 2. The molecule has 4 heteroatoms. The van der Waals surface area contributed by atoms with Crippen LogP contribution in [-0.2, 0) is 37.6 Å². The second-order valence-corrected chi connectivity index (χ2v) is 30.2. The number of allylic oxidation sites excluding steroid dienone is 4. The van der Waals surface area contributed by atoms with Crippen LogP contribution in [0.4, 0.5) is 0 Å². The van der Waals surface area contributed by atoms with Crippen LogP contribution in [0.15, 0.2) is 51.8 Å². The number of hydrogen-bond donors (Lipinski definition) is 0. The molecule has 2 aliphatic carbocycles. The minimum absolute atomic E-state index is 0. The van der Waals surface area contributed by atoms with Gasteiger partial charge < -0.3 is 24.8 Å². The molecule has 0 amide bonds. The van der Waals surface area contributed by atoms with Gasteiger partial charge in [0.15, 0.2) is 0 Å². The molecule has 0 nitrogen and oxygen atoms in total. The Morgan fingerprint density at radius 2 is 1.29 bits per heavy atom. The second-order valence-electron chi connectivity index (χ2n) is 15.1. The molecule has 0 saturated carbocycles. The molecule has 0 spiro atoms. The van der Waals surface area contributed by atoms with Crippen LogP contribution in [0.3, 0.4) is 0 Å². The van der Waals surface area contributed by atoms with Crippen LogP contribution in [0.25, 0.3) is 11.1 Å². The van der Waals surface area contributed by atoms with Crippen LogP contribution in [-0.4, -0.2) is 5.43 Å². The molecule has 0 heterocycles. The maximum absolute atomic E-state index is 2.56. The van der Waals surface area contributed by atoms with E-state index in [1.54, 1.807) is 16.7 Å². The summed E-state index contributed by atoms with van der Waals surface area (Å²) in [5, 5.41) is 0.730. The number of hydrogen-bond acceptors (Lipinski definition) is 0. The average Bonchev–Trinajstić information content (AvgIpc) is 3.35. The van der Waals surface area contributed by atoms with E-state index in [0.29, 0.717) is 10.1 Å². The fraction of sp³-hybridized carbons (Fsp3) is 0.529. The van der Waals surface area contributed by atoms with Gasteiger partial charge >= 0.3 is 231 Å². The molecule has 0 unspecified atom stereocenters. The Morgan fingerprint density at radius 1 is 0.711 bits per heavy atom. The van der Waals surface area contributed by atoms with E-state index in [2.05, 4.69) is 132 Å². The molecule has 0 atom stereocenters. The van der Waals surface area contributed by atoms with Gasteiger partial charge in [0.25, 0.3) is 0 Å². The maximum Gasteiger partial charge on any atom is -1.00 e. The van der Waals surface area contributed by atoms with Crippen molar-refractivity contribution in [2.45, 2.75) is 117 Å². The molecule has 2 aromatic carbocycles. The molecular formula is C34H48Cl2SiZr. The first kappa shape index (κ1) is 33.8. The van der Waals surface area contributed by atoms with Gasteiger partial charge in [-0.2, -0.15) is 0 Å². The van der Waals surface area contributed by atoms with E-state index >= 15 is 0 Å². The fourth-order valence-corrected chi connectivity index (χ4v) is 34.3. The quantitative estimate of drug-likeness (QED) is 0.374. The van der Waals surface area contributed by atoms with Gasteiger partial charge in [-0.25, -0.2) is 0 Å². The van der Waals surface area contributed by atoms with Gasteiger partial charge in [0.2, 0.25) is 0 Å². The smallest absolute Gasteiger partial charge is 1.00 e. The van der Waals surface area contributed by atoms with Crippen LogP contribution in [0.5, 0.6) is 0 Å². The predicted octanol–water partition coefficient (Wildman–Crippen LogP) is 3.54. The van der Waals surface area contributed by atoms with E-state index in [4.69, 9.17) is 0 Å². The molecule has 0 fully saturated rings. The Morgan fingerprint density at radius 3 is 1.76 bits per heavy atom. The van der Waals surface area contributed by atoms with Gasteiger partial charge in [-0.3, -0.25) is 0 Å². The molecule has 206 valence electrons. The molecule has 0 aromatic heterocycles. The van der Waals surface area contributed by atoms with Crippen molar-refractivity contribution in [1.82, 2.24) is 0 Å². The van der Waals surface area contributed by atoms with Gasteiger partial charge in [-0.1, -0.05) is 0 Å². The summed E-state index contributed by atoms with van der Waals surface area (Å²) in [6.07, 6.45) is 9.62. The molecule has 0 aliphatic heterocycles. The normalized spacial score (nSPS) is 14.6. The molecule has 2 aromatic rings. The summed E-state index contributed by atoms with van der Waals surface area (Å²) in [7, 11) is 0. The van der Waals surface area contributed by atoms with E-state index in [1.165, 1.54) is 23.1 Å². The Balaban J connectivity index is 0.00000253. The molecular weight excluding hydrogens is 599 g/mol. The summed E-state index contributed by atoms with van der Waals surface area (Å²) in [5.41, 5.74) is 9.01. The van der Waals surface area contributed by atoms with Gasteiger partial charge in [-0.15, -0.1) is 0 Å². The Kier molecular flexibility index (Phi) is 10.2. The third kappa shape index (κ3) is 6.56. The summed E-state index contributed by atoms with van der Waals surface area (Å²) < 4.78 is 3.70. The van der Waals surface area contributed by atoms with Crippen molar-refractivity contribution < 1.29 is 45.2 Å². The van der Waals surface area contributed by atoms with Crippen molar-refractivity contribution in [3.8, 4) is 11.1 Å². The molecule has 0 saturated heterocycles. The first-order chi connectivity index (χ1) is 16.4. The van der Waals surface area contributed by atoms with Crippen molar-refractivity contribution in [2.75, 3.05) is 0 Å². The van der Waals surface area contributed by atoms with Crippen molar-refractivity contribution in [1.29, 1.82) is 0 Å². The summed E-state index contributed by atoms with van der Waals surface area (Å²) >= 11 is -2.29. The number of rotatable bonds is 2. The first-order valence-corrected chi connectivity index (χ1v) is 21.5. The summed E-state index contributed by atoms with van der Waals surface area (Å²) in [4.78, 5) is 0. The van der Waals surface area contributed by atoms with E-state index in [1.807, 2.05) is 6.55 Å². The zero-order valence-corrected chi connectivity index (χ0v) is 30.8. The van der Waals surface area contributed by atoms with Gasteiger partial charge in [0.1, 0.15) is 0 Å². The van der Waals surface area contributed by atoms with E-state index in [0.717, 1.165) is 6.42 Å². The third-order valence-electron chi connectivity index (χ3n) is 7.84. The summed E-state index contributed by atoms with van der Waals surface area (Å²) in [6, 6.07) is 12.4. The van der Waals surface area contributed by atoms with Crippen LogP contribution >= 0.6 is 0 Å². The Labute approximate surface area is 254 Å². The van der Waals surface area contributed by atoms with Crippen LogP contribution in [0.2, 0.25) is 10.1 Å². The maximum atomic E-state index is 2.56. The summed E-state index contributed by atoms with van der Waals surface area (Å²) in [5.74, 6) is 0. The Bertz CT molecular complexity index is 1280. The van der Waals surface area contributed by atoms with E-state index in [9.17, 15) is 0 Å². The number of halogens is 2. The molecule has 0 bridgehead atoms. The van der Waals surface area contributed by atoms with E-state index < -0.39 is 25.8 Å². The van der Waals surface area contributed by atoms with Crippen LogP contribution < -0.4 is 28.1 Å². The largest absolute Gasteiger partial charge is 1.00 e. The standard InChI is InChI=1S/C21H25.C8H18Si.C5H5.2ClH.Zr/c1-20(2,3)16-7-9-18-14(12-16)11-15-13-17(21(4,5)6)8-10-19(15)18;1-7(2,3)9-8(4,5)6;1-2-4-5-3-1;;;/h7-10,12H,11H2,1-6H3;1-6H3;1-3H,4H2;2*1H;/q;;;;;+2/p-2. The molecule has 38 heavy (non-hydrogen) atoms. The summed E-state index contributed by atoms with van der Waals surface area (Å²) in [6.45, 7) is 29.7. The molecule has 4 rings (SSSR count). The van der Waals surface area contributed by atoms with Crippen LogP contribution in [0, 0.1) is 0 Å². The monoisotopic (exact) mass is 644 g/mol. The third-order valence-corrected chi connectivity index (χ3v) is 34.6. The van der Waals surface area contributed by atoms with Crippen molar-refractivity contribution in [3.05, 3.63) is 74.1 Å². The van der Waals surface area contributed by atoms with Gasteiger partial charge in [0.05, 0.1) is 0 Å².